The largest absolute Gasteiger partial charge is 0.379 e. The second-order valence-electron chi connectivity index (χ2n) is 5.44. The normalized spacial score (nSPS) is 11.1. The van der Waals surface area contributed by atoms with Gasteiger partial charge in [-0.2, -0.15) is 0 Å². The van der Waals surface area contributed by atoms with Crippen LogP contribution in [0.25, 0.3) is 22.6 Å². The molecular formula is C16H16N8O. The number of nitrogens with two attached hydrogens (primary N) is 1. The molecule has 4 rings (SSSR count). The summed E-state index contributed by atoms with van der Waals surface area (Å²) in [5.74, 6) is 0.820. The van der Waals surface area contributed by atoms with Crippen LogP contribution < -0.4 is 11.1 Å². The molecule has 9 nitrogen and oxygen atoms in total. The molecule has 0 saturated carbocycles. The van der Waals surface area contributed by atoms with Gasteiger partial charge in [0.05, 0.1) is 23.6 Å². The molecule has 4 aromatic rings. The van der Waals surface area contributed by atoms with Crippen LogP contribution in [0.5, 0.6) is 0 Å². The van der Waals surface area contributed by atoms with Crippen molar-refractivity contribution in [3.8, 4) is 11.5 Å². The zero-order valence-corrected chi connectivity index (χ0v) is 13.5. The van der Waals surface area contributed by atoms with Crippen molar-refractivity contribution in [1.29, 1.82) is 0 Å². The van der Waals surface area contributed by atoms with E-state index in [1.54, 1.807) is 24.8 Å². The molecule has 0 fully saturated rings. The molecule has 4 heterocycles. The highest BCUT2D eigenvalue weighted by atomic mass is 16.6. The van der Waals surface area contributed by atoms with E-state index in [1.807, 2.05) is 23.6 Å². The molecule has 0 saturated heterocycles. The van der Waals surface area contributed by atoms with Crippen molar-refractivity contribution in [1.82, 2.24) is 29.8 Å². The monoisotopic (exact) mass is 336 g/mol. The Bertz CT molecular complexity index is 1010. The third-order valence-corrected chi connectivity index (χ3v) is 3.92. The molecule has 9 heteroatoms. The maximum absolute atomic E-state index is 5.83. The minimum absolute atomic E-state index is 0.212. The molecule has 0 spiro atoms. The number of pyridine rings is 2. The molecular weight excluding hydrogens is 320 g/mol. The number of imidazole rings is 1. The van der Waals surface area contributed by atoms with E-state index in [4.69, 9.17) is 10.4 Å². The van der Waals surface area contributed by atoms with Crippen LogP contribution in [0.1, 0.15) is 12.5 Å². The number of fused-ring (bicyclic) bond motifs is 1. The van der Waals surface area contributed by atoms with Gasteiger partial charge in [-0.25, -0.2) is 9.61 Å². The molecule has 0 bridgehead atoms. The Labute approximate surface area is 142 Å². The number of anilines is 2. The topological polar surface area (TPSA) is 121 Å². The van der Waals surface area contributed by atoms with Gasteiger partial charge in [-0.1, -0.05) is 0 Å². The maximum atomic E-state index is 5.83. The first kappa shape index (κ1) is 15.1. The van der Waals surface area contributed by atoms with Crippen molar-refractivity contribution in [3.05, 3.63) is 42.5 Å². The fourth-order valence-electron chi connectivity index (χ4n) is 2.76. The molecule has 0 unspecified atom stereocenters. The minimum atomic E-state index is 0.212. The van der Waals surface area contributed by atoms with Crippen LogP contribution in [0.15, 0.2) is 41.5 Å². The summed E-state index contributed by atoms with van der Waals surface area (Å²) in [6.07, 6.45) is 7.03. The smallest absolute Gasteiger partial charge is 0.199 e. The number of nitrogens with zero attached hydrogens (tertiary/aromatic N) is 6. The van der Waals surface area contributed by atoms with Gasteiger partial charge in [-0.05, 0) is 34.9 Å². The van der Waals surface area contributed by atoms with E-state index in [9.17, 15) is 0 Å². The highest BCUT2D eigenvalue weighted by molar-refractivity contribution is 5.90. The highest BCUT2D eigenvalue weighted by Crippen LogP contribution is 2.30. The lowest BCUT2D eigenvalue weighted by molar-refractivity contribution is 0.310. The summed E-state index contributed by atoms with van der Waals surface area (Å²) >= 11 is 0. The number of aromatic nitrogens is 6. The second-order valence-corrected chi connectivity index (χ2v) is 5.44. The zero-order valence-electron chi connectivity index (χ0n) is 13.5. The molecule has 126 valence electrons. The standard InChI is InChI=1S/C16H16N8O/c1-2-24-14-11(20-7-10-3-5-18-6-4-10)8-19-9-12(14)21-16(24)13-15(17)23-25-22-13/h3-6,8-9,20H,2,7H2,1H3,(H2,17,23). The van der Waals surface area contributed by atoms with Crippen LogP contribution in [0, 0.1) is 0 Å². The second kappa shape index (κ2) is 6.19. The first-order valence-corrected chi connectivity index (χ1v) is 7.83. The van der Waals surface area contributed by atoms with Crippen molar-refractivity contribution in [3.63, 3.8) is 0 Å². The van der Waals surface area contributed by atoms with E-state index in [2.05, 4.69) is 30.6 Å². The highest BCUT2D eigenvalue weighted by Gasteiger charge is 2.20. The number of hydrogen-bond donors (Lipinski definition) is 2. The van der Waals surface area contributed by atoms with E-state index in [0.29, 0.717) is 24.6 Å². The third kappa shape index (κ3) is 2.65. The molecule has 0 radical (unpaired) electrons. The quantitative estimate of drug-likeness (QED) is 0.568. The van der Waals surface area contributed by atoms with Crippen LogP contribution in [0.4, 0.5) is 11.5 Å². The number of nitrogens with one attached hydrogen (secondary N) is 1. The summed E-state index contributed by atoms with van der Waals surface area (Å²) in [7, 11) is 0. The van der Waals surface area contributed by atoms with Crippen LogP contribution in [-0.4, -0.2) is 29.8 Å². The Morgan fingerprint density at radius 2 is 2.00 bits per heavy atom. The number of rotatable bonds is 5. The Balaban J connectivity index is 1.78. The Hall–Kier alpha value is -3.49. The molecule has 0 aliphatic rings. The summed E-state index contributed by atoms with van der Waals surface area (Å²) in [6.45, 7) is 3.37. The van der Waals surface area contributed by atoms with Crippen molar-refractivity contribution in [2.24, 2.45) is 0 Å². The Morgan fingerprint density at radius 1 is 1.16 bits per heavy atom. The molecule has 0 amide bonds. The Morgan fingerprint density at radius 3 is 2.72 bits per heavy atom. The number of nitrogen functional groups attached to an aromatic ring is 1. The summed E-state index contributed by atoms with van der Waals surface area (Å²) in [5.41, 5.74) is 9.95. The first-order valence-electron chi connectivity index (χ1n) is 7.83. The van der Waals surface area contributed by atoms with Crippen molar-refractivity contribution in [2.75, 3.05) is 11.1 Å². The zero-order chi connectivity index (χ0) is 17.2. The van der Waals surface area contributed by atoms with E-state index >= 15 is 0 Å². The van der Waals surface area contributed by atoms with E-state index in [1.165, 1.54) is 0 Å². The van der Waals surface area contributed by atoms with Gasteiger partial charge in [0.1, 0.15) is 5.52 Å². The van der Waals surface area contributed by atoms with Crippen molar-refractivity contribution < 1.29 is 4.63 Å². The summed E-state index contributed by atoms with van der Waals surface area (Å²) in [6, 6.07) is 3.93. The van der Waals surface area contributed by atoms with Gasteiger partial charge in [-0.3, -0.25) is 9.97 Å². The maximum Gasteiger partial charge on any atom is 0.199 e. The third-order valence-electron chi connectivity index (χ3n) is 3.92. The number of hydrogen-bond acceptors (Lipinski definition) is 8. The predicted octanol–water partition coefficient (Wildman–Crippen LogP) is 2.09. The van der Waals surface area contributed by atoms with Crippen LogP contribution >= 0.6 is 0 Å². The lowest BCUT2D eigenvalue weighted by Crippen LogP contribution is -2.04. The molecule has 0 aliphatic carbocycles. The van der Waals surface area contributed by atoms with Crippen LogP contribution in [0.2, 0.25) is 0 Å². The average Bonchev–Trinajstić information content (AvgIpc) is 3.23. The van der Waals surface area contributed by atoms with Crippen LogP contribution in [0.3, 0.4) is 0 Å². The summed E-state index contributed by atoms with van der Waals surface area (Å²) in [5, 5.41) is 10.9. The summed E-state index contributed by atoms with van der Waals surface area (Å²) in [4.78, 5) is 12.9. The number of aryl methyl sites for hydroxylation is 1. The molecule has 3 N–H and O–H groups in total. The molecule has 4 aromatic heterocycles. The fraction of sp³-hybridized carbons (Fsp3) is 0.188. The van der Waals surface area contributed by atoms with Gasteiger partial charge in [0.25, 0.3) is 0 Å². The van der Waals surface area contributed by atoms with Gasteiger partial charge < -0.3 is 15.6 Å². The van der Waals surface area contributed by atoms with E-state index < -0.39 is 0 Å². The van der Waals surface area contributed by atoms with E-state index in [-0.39, 0.29) is 5.82 Å². The van der Waals surface area contributed by atoms with Gasteiger partial charge in [0.2, 0.25) is 0 Å². The molecule has 25 heavy (non-hydrogen) atoms. The SMILES string of the molecule is CCn1c(-c2nonc2N)nc2cncc(NCc3ccncc3)c21. The average molecular weight is 336 g/mol. The minimum Gasteiger partial charge on any atom is -0.379 e. The van der Waals surface area contributed by atoms with Gasteiger partial charge in [0, 0.05) is 25.5 Å². The van der Waals surface area contributed by atoms with Crippen molar-refractivity contribution >= 4 is 22.5 Å². The van der Waals surface area contributed by atoms with E-state index in [0.717, 1.165) is 22.3 Å². The lowest BCUT2D eigenvalue weighted by Gasteiger charge is -2.10. The van der Waals surface area contributed by atoms with Gasteiger partial charge in [0.15, 0.2) is 17.3 Å². The molecule has 0 aliphatic heterocycles. The Kier molecular flexibility index (Phi) is 3.73. The van der Waals surface area contributed by atoms with Crippen molar-refractivity contribution in [2.45, 2.75) is 20.0 Å². The molecule has 0 atom stereocenters. The fourth-order valence-corrected chi connectivity index (χ4v) is 2.76. The van der Waals surface area contributed by atoms with Gasteiger partial charge >= 0.3 is 0 Å². The lowest BCUT2D eigenvalue weighted by atomic mass is 10.2. The molecule has 0 aromatic carbocycles. The first-order chi connectivity index (χ1) is 12.3. The van der Waals surface area contributed by atoms with Crippen LogP contribution in [-0.2, 0) is 13.1 Å². The predicted molar refractivity (Wildman–Crippen MR) is 92.5 cm³/mol. The summed E-state index contributed by atoms with van der Waals surface area (Å²) < 4.78 is 6.73. The van der Waals surface area contributed by atoms with Gasteiger partial charge in [-0.15, -0.1) is 0 Å².